The van der Waals surface area contributed by atoms with E-state index in [2.05, 4.69) is 24.1 Å². The van der Waals surface area contributed by atoms with Crippen molar-refractivity contribution in [2.24, 2.45) is 0 Å². The lowest BCUT2D eigenvalue weighted by Gasteiger charge is -2.37. The third-order valence-corrected chi connectivity index (χ3v) is 4.45. The van der Waals surface area contributed by atoms with Crippen LogP contribution in [0.4, 0.5) is 13.2 Å². The van der Waals surface area contributed by atoms with Gasteiger partial charge in [0.1, 0.15) is 11.9 Å². The van der Waals surface area contributed by atoms with Gasteiger partial charge in [-0.3, -0.25) is 0 Å². The summed E-state index contributed by atoms with van der Waals surface area (Å²) in [4.78, 5) is 2.25. The van der Waals surface area contributed by atoms with Crippen molar-refractivity contribution in [2.45, 2.75) is 24.6 Å². The number of halogens is 3. The SMILES string of the molecule is CN1CC[C@@H](Oc2ccc(C(F)(F)F)cc2)[C@H](c2ccccc2)C1. The van der Waals surface area contributed by atoms with E-state index in [0.29, 0.717) is 5.75 Å². The number of likely N-dealkylation sites (tertiary alicyclic amines) is 1. The van der Waals surface area contributed by atoms with Gasteiger partial charge in [0.05, 0.1) is 5.56 Å². The summed E-state index contributed by atoms with van der Waals surface area (Å²) in [6, 6.07) is 15.1. The van der Waals surface area contributed by atoms with Gasteiger partial charge in [-0.1, -0.05) is 30.3 Å². The number of piperidine rings is 1. The van der Waals surface area contributed by atoms with E-state index in [0.717, 1.165) is 31.6 Å². The fourth-order valence-corrected chi connectivity index (χ4v) is 3.15. The highest BCUT2D eigenvalue weighted by molar-refractivity contribution is 5.30. The summed E-state index contributed by atoms with van der Waals surface area (Å²) in [5.74, 6) is 0.686. The van der Waals surface area contributed by atoms with Crippen molar-refractivity contribution in [1.82, 2.24) is 4.90 Å². The van der Waals surface area contributed by atoms with Gasteiger partial charge in [-0.15, -0.1) is 0 Å². The predicted molar refractivity (Wildman–Crippen MR) is 87.2 cm³/mol. The monoisotopic (exact) mass is 335 g/mol. The molecular formula is C19H20F3NO. The maximum atomic E-state index is 12.7. The second-order valence-electron chi connectivity index (χ2n) is 6.25. The fourth-order valence-electron chi connectivity index (χ4n) is 3.15. The lowest BCUT2D eigenvalue weighted by Crippen LogP contribution is -2.42. The van der Waals surface area contributed by atoms with Crippen LogP contribution in [-0.2, 0) is 6.18 Å². The highest BCUT2D eigenvalue weighted by atomic mass is 19.4. The Morgan fingerprint density at radius 1 is 1.00 bits per heavy atom. The minimum Gasteiger partial charge on any atom is -0.490 e. The molecule has 0 unspecified atom stereocenters. The average molecular weight is 335 g/mol. The molecule has 0 saturated carbocycles. The molecule has 1 heterocycles. The minimum absolute atomic E-state index is 0.0414. The van der Waals surface area contributed by atoms with Crippen molar-refractivity contribution in [2.75, 3.05) is 20.1 Å². The van der Waals surface area contributed by atoms with E-state index >= 15 is 0 Å². The number of hydrogen-bond donors (Lipinski definition) is 0. The molecule has 2 atom stereocenters. The van der Waals surface area contributed by atoms with Crippen LogP contribution in [0.3, 0.4) is 0 Å². The lowest BCUT2D eigenvalue weighted by atomic mass is 9.88. The topological polar surface area (TPSA) is 12.5 Å². The van der Waals surface area contributed by atoms with Gasteiger partial charge in [0.2, 0.25) is 0 Å². The van der Waals surface area contributed by atoms with Crippen LogP contribution in [0.1, 0.15) is 23.5 Å². The molecule has 1 aliphatic heterocycles. The van der Waals surface area contributed by atoms with Crippen molar-refractivity contribution in [1.29, 1.82) is 0 Å². The molecule has 0 bridgehead atoms. The Kier molecular flexibility index (Phi) is 4.81. The van der Waals surface area contributed by atoms with Crippen LogP contribution in [0, 0.1) is 0 Å². The van der Waals surface area contributed by atoms with Crippen LogP contribution in [0.2, 0.25) is 0 Å². The molecule has 0 aliphatic carbocycles. The molecule has 1 aliphatic rings. The highest BCUT2D eigenvalue weighted by Crippen LogP contribution is 2.33. The summed E-state index contributed by atoms with van der Waals surface area (Å²) in [5, 5.41) is 0. The molecule has 0 aromatic heterocycles. The second kappa shape index (κ2) is 6.85. The number of nitrogens with zero attached hydrogens (tertiary/aromatic N) is 1. The van der Waals surface area contributed by atoms with E-state index in [4.69, 9.17) is 4.74 Å². The number of ether oxygens (including phenoxy) is 1. The van der Waals surface area contributed by atoms with Gasteiger partial charge in [0, 0.05) is 19.0 Å². The first-order chi connectivity index (χ1) is 11.4. The Morgan fingerprint density at radius 2 is 1.67 bits per heavy atom. The quantitative estimate of drug-likeness (QED) is 0.814. The molecule has 2 aromatic carbocycles. The number of hydrogen-bond acceptors (Lipinski definition) is 2. The molecule has 1 saturated heterocycles. The molecule has 0 N–H and O–H groups in total. The van der Waals surface area contributed by atoms with Crippen LogP contribution in [0.15, 0.2) is 54.6 Å². The number of alkyl halides is 3. The van der Waals surface area contributed by atoms with Crippen molar-refractivity contribution >= 4 is 0 Å². The molecule has 0 amide bonds. The molecule has 128 valence electrons. The number of rotatable bonds is 3. The maximum Gasteiger partial charge on any atom is 0.416 e. The molecular weight excluding hydrogens is 315 g/mol. The van der Waals surface area contributed by atoms with Gasteiger partial charge in [-0.05, 0) is 43.3 Å². The van der Waals surface area contributed by atoms with E-state index in [1.54, 1.807) is 0 Å². The van der Waals surface area contributed by atoms with Gasteiger partial charge in [0.25, 0.3) is 0 Å². The van der Waals surface area contributed by atoms with E-state index in [9.17, 15) is 13.2 Å². The van der Waals surface area contributed by atoms with Gasteiger partial charge in [-0.2, -0.15) is 13.2 Å². The Hall–Kier alpha value is -2.01. The molecule has 2 nitrogen and oxygen atoms in total. The van der Waals surface area contributed by atoms with Gasteiger partial charge in [0.15, 0.2) is 0 Å². The van der Waals surface area contributed by atoms with Crippen LogP contribution < -0.4 is 4.74 Å². The smallest absolute Gasteiger partial charge is 0.416 e. The molecule has 0 radical (unpaired) electrons. The maximum absolute atomic E-state index is 12.7. The highest BCUT2D eigenvalue weighted by Gasteiger charge is 2.32. The van der Waals surface area contributed by atoms with Gasteiger partial charge >= 0.3 is 6.18 Å². The van der Waals surface area contributed by atoms with Crippen molar-refractivity contribution in [3.8, 4) is 5.75 Å². The molecule has 24 heavy (non-hydrogen) atoms. The van der Waals surface area contributed by atoms with Gasteiger partial charge in [-0.25, -0.2) is 0 Å². The summed E-state index contributed by atoms with van der Waals surface area (Å²) in [6.45, 7) is 1.78. The Bertz CT molecular complexity index is 655. The Labute approximate surface area is 139 Å². The van der Waals surface area contributed by atoms with Crippen LogP contribution in [-0.4, -0.2) is 31.1 Å². The Balaban J connectivity index is 1.77. The fraction of sp³-hybridized carbons (Fsp3) is 0.368. The summed E-state index contributed by atoms with van der Waals surface area (Å²) >= 11 is 0. The summed E-state index contributed by atoms with van der Waals surface area (Å²) in [6.07, 6.45) is -3.52. The largest absolute Gasteiger partial charge is 0.490 e. The van der Waals surface area contributed by atoms with Crippen molar-refractivity contribution in [3.05, 3.63) is 65.7 Å². The molecule has 3 rings (SSSR count). The van der Waals surface area contributed by atoms with Crippen LogP contribution >= 0.6 is 0 Å². The summed E-state index contributed by atoms with van der Waals surface area (Å²) in [7, 11) is 2.07. The molecule has 5 heteroatoms. The lowest BCUT2D eigenvalue weighted by molar-refractivity contribution is -0.137. The first-order valence-electron chi connectivity index (χ1n) is 8.01. The van der Waals surface area contributed by atoms with Crippen LogP contribution in [0.5, 0.6) is 5.75 Å². The van der Waals surface area contributed by atoms with E-state index in [1.165, 1.54) is 17.7 Å². The first kappa shape index (κ1) is 16.8. The van der Waals surface area contributed by atoms with E-state index in [1.807, 2.05) is 18.2 Å². The molecule has 2 aromatic rings. The Morgan fingerprint density at radius 3 is 2.29 bits per heavy atom. The first-order valence-corrected chi connectivity index (χ1v) is 8.01. The minimum atomic E-state index is -4.32. The third kappa shape index (κ3) is 3.90. The standard InChI is InChI=1S/C19H20F3NO/c1-23-12-11-18(17(13-23)14-5-3-2-4-6-14)24-16-9-7-15(8-10-16)19(20,21)22/h2-10,17-18H,11-13H2,1H3/t17-,18+/m0/s1. The zero-order chi connectivity index (χ0) is 17.2. The van der Waals surface area contributed by atoms with Crippen molar-refractivity contribution in [3.63, 3.8) is 0 Å². The number of likely N-dealkylation sites (N-methyl/N-ethyl adjacent to an activating group) is 1. The predicted octanol–water partition coefficient (Wildman–Crippen LogP) is 4.57. The van der Waals surface area contributed by atoms with Gasteiger partial charge < -0.3 is 9.64 Å². The molecule has 1 fully saturated rings. The second-order valence-corrected chi connectivity index (χ2v) is 6.25. The van der Waals surface area contributed by atoms with E-state index in [-0.39, 0.29) is 12.0 Å². The van der Waals surface area contributed by atoms with Crippen molar-refractivity contribution < 1.29 is 17.9 Å². The normalized spacial score (nSPS) is 22.3. The van der Waals surface area contributed by atoms with E-state index < -0.39 is 11.7 Å². The average Bonchev–Trinajstić information content (AvgIpc) is 2.57. The summed E-state index contributed by atoms with van der Waals surface area (Å²) in [5.41, 5.74) is 0.541. The number of benzene rings is 2. The van der Waals surface area contributed by atoms with Crippen LogP contribution in [0.25, 0.3) is 0 Å². The third-order valence-electron chi connectivity index (χ3n) is 4.45. The summed E-state index contributed by atoms with van der Waals surface area (Å²) < 4.78 is 44.0. The zero-order valence-corrected chi connectivity index (χ0v) is 13.5. The zero-order valence-electron chi connectivity index (χ0n) is 13.5. The molecule has 0 spiro atoms.